The van der Waals surface area contributed by atoms with Gasteiger partial charge >= 0.3 is 0 Å². The quantitative estimate of drug-likeness (QED) is 0.568. The molecule has 0 aliphatic heterocycles. The fourth-order valence-corrected chi connectivity index (χ4v) is 0.319. The van der Waals surface area contributed by atoms with Crippen molar-refractivity contribution in [3.05, 3.63) is 4.85 Å². The van der Waals surface area contributed by atoms with Crippen LogP contribution in [0.2, 0.25) is 0 Å². The third kappa shape index (κ3) is 2.59. The third-order valence-electron chi connectivity index (χ3n) is 1.06. The Morgan fingerprint density at radius 2 is 2.12 bits per heavy atom. The average Bonchev–Trinajstić information content (AvgIpc) is 1.67. The summed E-state index contributed by atoms with van der Waals surface area (Å²) in [7, 11) is 0. The van der Waals surface area contributed by atoms with E-state index in [9.17, 15) is 0 Å². The molecule has 0 aromatic carbocycles. The first-order chi connectivity index (χ1) is 3.68. The summed E-state index contributed by atoms with van der Waals surface area (Å²) in [5.74, 6) is 0.252. The summed E-state index contributed by atoms with van der Waals surface area (Å²) in [4.78, 5) is 3.31. The number of aliphatic hydroxyl groups is 1. The molecule has 8 heavy (non-hydrogen) atoms. The zero-order valence-electron chi connectivity index (χ0n) is 5.33. The minimum Gasteiger partial charge on any atom is -0.385 e. The Hall–Kier alpha value is -0.550. The van der Waals surface area contributed by atoms with E-state index in [1.807, 2.05) is 13.8 Å². The molecule has 1 N–H and O–H groups in total. The van der Waals surface area contributed by atoms with E-state index < -0.39 is 0 Å². The Bertz CT molecular complexity index is 93.2. The van der Waals surface area contributed by atoms with Crippen molar-refractivity contribution in [2.45, 2.75) is 20.0 Å². The molecule has 2 heteroatoms. The summed E-state index contributed by atoms with van der Waals surface area (Å²) in [5, 5.41) is 8.95. The van der Waals surface area contributed by atoms with Crippen LogP contribution in [0.4, 0.5) is 0 Å². The van der Waals surface area contributed by atoms with Crippen molar-refractivity contribution in [2.75, 3.05) is 6.54 Å². The molecule has 0 amide bonds. The van der Waals surface area contributed by atoms with Gasteiger partial charge in [-0.25, -0.2) is 0 Å². The van der Waals surface area contributed by atoms with Crippen molar-refractivity contribution >= 4 is 0 Å². The summed E-state index contributed by atoms with van der Waals surface area (Å²) in [6.07, 6.45) is -0.375. The molecule has 0 heterocycles. The number of rotatable bonds is 2. The maximum absolute atomic E-state index is 8.95. The second-order valence-corrected chi connectivity index (χ2v) is 2.18. The van der Waals surface area contributed by atoms with Crippen LogP contribution in [-0.4, -0.2) is 17.8 Å². The smallest absolute Gasteiger partial charge is 0.288 e. The van der Waals surface area contributed by atoms with Gasteiger partial charge in [0.1, 0.15) is 6.10 Å². The molecule has 0 bridgehead atoms. The molecule has 2 nitrogen and oxygen atoms in total. The normalized spacial score (nSPS) is 13.4. The molecule has 1 unspecified atom stereocenters. The van der Waals surface area contributed by atoms with Gasteiger partial charge in [-0.3, -0.25) is 0 Å². The van der Waals surface area contributed by atoms with Crippen LogP contribution >= 0.6 is 0 Å². The fourth-order valence-electron chi connectivity index (χ4n) is 0.319. The molecular weight excluding hydrogens is 102 g/mol. The Labute approximate surface area is 50.0 Å². The van der Waals surface area contributed by atoms with Crippen LogP contribution in [0.3, 0.4) is 0 Å². The lowest BCUT2D eigenvalue weighted by molar-refractivity contribution is 0.141. The summed E-state index contributed by atoms with van der Waals surface area (Å²) in [6.45, 7) is 9.03. The van der Waals surface area contributed by atoms with E-state index in [0.29, 0.717) is 6.54 Å². The van der Waals surface area contributed by atoms with E-state index >= 15 is 0 Å². The van der Waals surface area contributed by atoms with Gasteiger partial charge in [0.2, 0.25) is 0 Å². The van der Waals surface area contributed by atoms with Crippen LogP contribution in [-0.2, 0) is 0 Å². The summed E-state index contributed by atoms with van der Waals surface area (Å²) in [5.41, 5.74) is 0. The second-order valence-electron chi connectivity index (χ2n) is 2.18. The van der Waals surface area contributed by atoms with Gasteiger partial charge in [0.25, 0.3) is 13.1 Å². The minimum atomic E-state index is -0.375. The zero-order chi connectivity index (χ0) is 6.57. The van der Waals surface area contributed by atoms with Gasteiger partial charge in [0.05, 0.1) is 0 Å². The van der Waals surface area contributed by atoms with Crippen LogP contribution < -0.4 is 0 Å². The van der Waals surface area contributed by atoms with Gasteiger partial charge in [-0.1, -0.05) is 18.7 Å². The lowest BCUT2D eigenvalue weighted by Crippen LogP contribution is -2.16. The van der Waals surface area contributed by atoms with Crippen LogP contribution in [0.25, 0.3) is 4.85 Å². The summed E-state index contributed by atoms with van der Waals surface area (Å²) < 4.78 is 0. The van der Waals surface area contributed by atoms with E-state index in [2.05, 4.69) is 4.85 Å². The lowest BCUT2D eigenvalue weighted by Gasteiger charge is -2.03. The van der Waals surface area contributed by atoms with E-state index in [0.717, 1.165) is 0 Å². The van der Waals surface area contributed by atoms with Crippen molar-refractivity contribution in [3.8, 4) is 6.57 Å². The van der Waals surface area contributed by atoms with Gasteiger partial charge in [0, 0.05) is 0 Å². The topological polar surface area (TPSA) is 24.6 Å². The highest BCUT2D eigenvalue weighted by atomic mass is 16.3. The van der Waals surface area contributed by atoms with Gasteiger partial charge in [-0.2, -0.15) is 0 Å². The first-order valence-corrected chi connectivity index (χ1v) is 2.73. The maximum atomic E-state index is 8.95. The zero-order valence-corrected chi connectivity index (χ0v) is 5.33. The summed E-state index contributed by atoms with van der Waals surface area (Å²) in [6, 6.07) is 0. The number of aliphatic hydroxyl groups excluding tert-OH is 1. The highest BCUT2D eigenvalue weighted by Gasteiger charge is 2.12. The molecule has 0 saturated heterocycles. The molecule has 0 saturated carbocycles. The van der Waals surface area contributed by atoms with Crippen LogP contribution in [0.5, 0.6) is 0 Å². The predicted octanol–water partition coefficient (Wildman–Crippen LogP) is 0.966. The van der Waals surface area contributed by atoms with Gasteiger partial charge < -0.3 is 5.11 Å². The molecule has 0 spiro atoms. The van der Waals surface area contributed by atoms with Crippen molar-refractivity contribution in [1.82, 2.24) is 0 Å². The maximum Gasteiger partial charge on any atom is 0.288 e. The van der Waals surface area contributed by atoms with Crippen molar-refractivity contribution in [3.63, 3.8) is 0 Å². The largest absolute Gasteiger partial charge is 0.385 e. The minimum absolute atomic E-state index is 0.252. The Morgan fingerprint density at radius 3 is 2.25 bits per heavy atom. The molecular formula is C6H12NO+. The highest BCUT2D eigenvalue weighted by Crippen LogP contribution is 1.99. The first kappa shape index (κ1) is 7.45. The van der Waals surface area contributed by atoms with Crippen molar-refractivity contribution in [2.24, 2.45) is 5.92 Å². The number of nitrogens with zero attached hydrogens (tertiary/aromatic N) is 1. The molecule has 0 aliphatic carbocycles. The van der Waals surface area contributed by atoms with Crippen molar-refractivity contribution in [1.29, 1.82) is 0 Å². The van der Waals surface area contributed by atoms with Gasteiger partial charge in [-0.15, -0.1) is 0 Å². The predicted molar refractivity (Wildman–Crippen MR) is 34.0 cm³/mol. The lowest BCUT2D eigenvalue weighted by atomic mass is 10.1. The van der Waals surface area contributed by atoms with Crippen molar-refractivity contribution < 1.29 is 5.11 Å². The SMILES string of the molecule is C#[N+]CC(O)C(C)C. The second kappa shape index (κ2) is 3.45. The molecule has 0 aromatic heterocycles. The molecule has 0 aromatic rings. The standard InChI is InChI=1S/C6H12NO/c1-5(2)6(8)4-7-3/h3,5-6,8H,4H2,1-2H3/q+1. The Kier molecular flexibility index (Phi) is 3.21. The van der Waals surface area contributed by atoms with Crippen LogP contribution in [0.15, 0.2) is 0 Å². The van der Waals surface area contributed by atoms with Gasteiger partial charge in [0.15, 0.2) is 0 Å². The number of hydrogen-bond donors (Lipinski definition) is 1. The highest BCUT2D eigenvalue weighted by molar-refractivity contribution is 4.74. The number of hydrogen-bond acceptors (Lipinski definition) is 1. The van der Waals surface area contributed by atoms with Gasteiger partial charge in [-0.05, 0) is 5.92 Å². The van der Waals surface area contributed by atoms with E-state index in [4.69, 9.17) is 11.7 Å². The average molecular weight is 114 g/mol. The van der Waals surface area contributed by atoms with E-state index in [-0.39, 0.29) is 12.0 Å². The van der Waals surface area contributed by atoms with Crippen LogP contribution in [0, 0.1) is 12.5 Å². The monoisotopic (exact) mass is 114 g/mol. The Balaban J connectivity index is 3.35. The molecule has 0 aliphatic rings. The fraction of sp³-hybridized carbons (Fsp3) is 0.833. The summed E-state index contributed by atoms with van der Waals surface area (Å²) >= 11 is 0. The molecule has 0 radical (unpaired) electrons. The third-order valence-corrected chi connectivity index (χ3v) is 1.06. The molecule has 1 atom stereocenters. The first-order valence-electron chi connectivity index (χ1n) is 2.73. The Morgan fingerprint density at radius 1 is 1.62 bits per heavy atom. The van der Waals surface area contributed by atoms with E-state index in [1.165, 1.54) is 0 Å². The van der Waals surface area contributed by atoms with Crippen LogP contribution in [0.1, 0.15) is 13.8 Å². The molecule has 0 fully saturated rings. The molecule has 46 valence electrons. The van der Waals surface area contributed by atoms with E-state index in [1.54, 1.807) is 0 Å². The molecule has 0 rings (SSSR count).